The van der Waals surface area contributed by atoms with Gasteiger partial charge in [-0.3, -0.25) is 9.59 Å². The van der Waals surface area contributed by atoms with E-state index in [0.717, 1.165) is 6.42 Å². The van der Waals surface area contributed by atoms with Gasteiger partial charge in [0.2, 0.25) is 5.91 Å². The molecular weight excluding hydrogens is 330 g/mol. The minimum atomic E-state index is -3.32. The monoisotopic (exact) mass is 353 g/mol. The van der Waals surface area contributed by atoms with E-state index >= 15 is 0 Å². The van der Waals surface area contributed by atoms with Gasteiger partial charge in [0.1, 0.15) is 0 Å². The minimum Gasteiger partial charge on any atom is -0.481 e. The largest absolute Gasteiger partial charge is 0.481 e. The summed E-state index contributed by atoms with van der Waals surface area (Å²) in [5.41, 5.74) is 0.695. The average Bonchev–Trinajstić information content (AvgIpc) is 2.95. The highest BCUT2D eigenvalue weighted by Crippen LogP contribution is 2.26. The van der Waals surface area contributed by atoms with Crippen LogP contribution in [0.15, 0.2) is 29.2 Å². The molecule has 0 spiro atoms. The number of carboxylic acids is 1. The van der Waals surface area contributed by atoms with Crippen molar-refractivity contribution in [1.29, 1.82) is 0 Å². The number of amides is 1. The van der Waals surface area contributed by atoms with Crippen molar-refractivity contribution >= 4 is 21.7 Å². The van der Waals surface area contributed by atoms with E-state index in [1.807, 2.05) is 0 Å². The quantitative estimate of drug-likeness (QED) is 0.812. The average molecular weight is 353 g/mol. The summed E-state index contributed by atoms with van der Waals surface area (Å²) < 4.78 is 24.1. The molecule has 1 aliphatic carbocycles. The fourth-order valence-electron chi connectivity index (χ4n) is 2.94. The van der Waals surface area contributed by atoms with Crippen LogP contribution >= 0.6 is 0 Å². The van der Waals surface area contributed by atoms with Crippen LogP contribution in [-0.4, -0.2) is 36.7 Å². The Labute approximate surface area is 142 Å². The van der Waals surface area contributed by atoms with Crippen LogP contribution < -0.4 is 5.32 Å². The summed E-state index contributed by atoms with van der Waals surface area (Å²) in [6.45, 7) is 3.24. The maximum absolute atomic E-state index is 12.1. The van der Waals surface area contributed by atoms with Gasteiger partial charge in [-0.25, -0.2) is 8.42 Å². The number of nitrogens with one attached hydrogen (secondary N) is 1. The molecule has 7 heteroatoms. The van der Waals surface area contributed by atoms with Crippen molar-refractivity contribution in [3.8, 4) is 0 Å². The molecule has 1 aliphatic rings. The van der Waals surface area contributed by atoms with Crippen molar-refractivity contribution in [1.82, 2.24) is 5.32 Å². The summed E-state index contributed by atoms with van der Waals surface area (Å²) in [7, 11) is -3.32. The number of sulfone groups is 1. The Morgan fingerprint density at radius 1 is 1.21 bits per heavy atom. The molecule has 0 saturated heterocycles. The molecule has 6 nitrogen and oxygen atoms in total. The fourth-order valence-corrected chi connectivity index (χ4v) is 4.00. The lowest BCUT2D eigenvalue weighted by atomic mass is 10.0. The number of carbonyl (C=O) groups is 2. The van der Waals surface area contributed by atoms with E-state index in [1.54, 1.807) is 26.0 Å². The van der Waals surface area contributed by atoms with Crippen molar-refractivity contribution < 1.29 is 23.1 Å². The van der Waals surface area contributed by atoms with Crippen LogP contribution in [0.2, 0.25) is 0 Å². The van der Waals surface area contributed by atoms with Crippen LogP contribution in [0.25, 0.3) is 0 Å². The van der Waals surface area contributed by atoms with E-state index in [0.29, 0.717) is 18.4 Å². The predicted octanol–water partition coefficient (Wildman–Crippen LogP) is 1.78. The lowest BCUT2D eigenvalue weighted by molar-refractivity contribution is -0.142. The van der Waals surface area contributed by atoms with Gasteiger partial charge < -0.3 is 10.4 Å². The lowest BCUT2D eigenvalue weighted by Crippen LogP contribution is -2.40. The van der Waals surface area contributed by atoms with Gasteiger partial charge in [-0.2, -0.15) is 0 Å². The summed E-state index contributed by atoms with van der Waals surface area (Å²) in [5, 5.41) is 11.4. The maximum Gasteiger partial charge on any atom is 0.308 e. The van der Waals surface area contributed by atoms with Gasteiger partial charge in [-0.15, -0.1) is 0 Å². The van der Waals surface area contributed by atoms with E-state index < -0.39 is 27.0 Å². The first-order chi connectivity index (χ1) is 11.2. The number of hydrogen-bond donors (Lipinski definition) is 2. The van der Waals surface area contributed by atoms with Gasteiger partial charge in [0.05, 0.1) is 22.5 Å². The number of rotatable bonds is 6. The zero-order valence-electron chi connectivity index (χ0n) is 13.9. The summed E-state index contributed by atoms with van der Waals surface area (Å²) in [4.78, 5) is 23.5. The molecule has 1 fully saturated rings. The molecule has 2 atom stereocenters. The second kappa shape index (κ2) is 7.34. The molecule has 24 heavy (non-hydrogen) atoms. The minimum absolute atomic E-state index is 0.102. The first kappa shape index (κ1) is 18.4. The van der Waals surface area contributed by atoms with Crippen LogP contribution in [-0.2, 0) is 25.8 Å². The summed E-state index contributed by atoms with van der Waals surface area (Å²) >= 11 is 0. The van der Waals surface area contributed by atoms with Gasteiger partial charge in [-0.1, -0.05) is 18.6 Å². The van der Waals surface area contributed by atoms with Crippen molar-refractivity contribution in [2.24, 2.45) is 5.92 Å². The molecule has 0 bridgehead atoms. The Kier molecular flexibility index (Phi) is 5.64. The van der Waals surface area contributed by atoms with Crippen molar-refractivity contribution in [3.63, 3.8) is 0 Å². The van der Waals surface area contributed by atoms with Gasteiger partial charge >= 0.3 is 5.97 Å². The SMILES string of the molecule is CC(C)S(=O)(=O)c1ccc(CC(=O)N[C@@H]2CCC[C@@H]2C(=O)O)cc1. The molecule has 1 aromatic carbocycles. The molecule has 132 valence electrons. The third-order valence-corrected chi connectivity index (χ3v) is 6.59. The number of carbonyl (C=O) groups excluding carboxylic acids is 1. The van der Waals surface area contributed by atoms with Crippen molar-refractivity contribution in [3.05, 3.63) is 29.8 Å². The second-order valence-corrected chi connectivity index (χ2v) is 8.97. The molecule has 0 aromatic heterocycles. The highest BCUT2D eigenvalue weighted by atomic mass is 32.2. The van der Waals surface area contributed by atoms with Gasteiger partial charge in [0.25, 0.3) is 0 Å². The number of hydrogen-bond acceptors (Lipinski definition) is 4. The lowest BCUT2D eigenvalue weighted by Gasteiger charge is -2.17. The second-order valence-electron chi connectivity index (χ2n) is 6.46. The summed E-state index contributed by atoms with van der Waals surface area (Å²) in [6, 6.07) is 5.94. The normalized spacial score (nSPS) is 21.0. The molecule has 1 aromatic rings. The molecule has 1 amide bonds. The molecule has 2 rings (SSSR count). The predicted molar refractivity (Wildman–Crippen MR) is 89.4 cm³/mol. The molecule has 1 saturated carbocycles. The number of aliphatic carboxylic acids is 1. The first-order valence-corrected chi connectivity index (χ1v) is 9.61. The third kappa shape index (κ3) is 4.14. The zero-order chi connectivity index (χ0) is 17.9. The van der Waals surface area contributed by atoms with E-state index in [9.17, 15) is 18.0 Å². The molecule has 0 heterocycles. The Morgan fingerprint density at radius 2 is 1.83 bits per heavy atom. The van der Waals surface area contributed by atoms with E-state index in [-0.39, 0.29) is 23.3 Å². The molecule has 0 unspecified atom stereocenters. The van der Waals surface area contributed by atoms with Crippen molar-refractivity contribution in [2.75, 3.05) is 0 Å². The Morgan fingerprint density at radius 3 is 2.38 bits per heavy atom. The summed E-state index contributed by atoms with van der Waals surface area (Å²) in [5.74, 6) is -1.64. The van der Waals surface area contributed by atoms with Crippen LogP contribution in [0.1, 0.15) is 38.7 Å². The standard InChI is InChI=1S/C17H23NO5S/c1-11(2)24(22,23)13-8-6-12(7-9-13)10-16(19)18-15-5-3-4-14(15)17(20)21/h6-9,11,14-15H,3-5,10H2,1-2H3,(H,18,19)(H,20,21)/t14-,15+/m0/s1. The summed E-state index contributed by atoms with van der Waals surface area (Å²) in [6.07, 6.45) is 2.16. The Balaban J connectivity index is 1.99. The van der Waals surface area contributed by atoms with Gasteiger partial charge in [0.15, 0.2) is 9.84 Å². The number of benzene rings is 1. The highest BCUT2D eigenvalue weighted by molar-refractivity contribution is 7.92. The smallest absolute Gasteiger partial charge is 0.308 e. The molecule has 2 N–H and O–H groups in total. The maximum atomic E-state index is 12.1. The van der Waals surface area contributed by atoms with E-state index in [1.165, 1.54) is 12.1 Å². The Hall–Kier alpha value is -1.89. The Bertz CT molecular complexity index is 709. The fraction of sp³-hybridized carbons (Fsp3) is 0.529. The van der Waals surface area contributed by atoms with Gasteiger partial charge in [0, 0.05) is 6.04 Å². The molecule has 0 aliphatic heterocycles. The van der Waals surface area contributed by atoms with Gasteiger partial charge in [-0.05, 0) is 44.4 Å². The topological polar surface area (TPSA) is 101 Å². The van der Waals surface area contributed by atoms with Crippen LogP contribution in [0.3, 0.4) is 0 Å². The highest BCUT2D eigenvalue weighted by Gasteiger charge is 2.33. The molecular formula is C17H23NO5S. The van der Waals surface area contributed by atoms with E-state index in [2.05, 4.69) is 5.32 Å². The van der Waals surface area contributed by atoms with Crippen LogP contribution in [0, 0.1) is 5.92 Å². The number of carboxylic acid groups (broad SMARTS) is 1. The first-order valence-electron chi connectivity index (χ1n) is 8.07. The van der Waals surface area contributed by atoms with Crippen LogP contribution in [0.4, 0.5) is 0 Å². The third-order valence-electron chi connectivity index (χ3n) is 4.42. The van der Waals surface area contributed by atoms with E-state index in [4.69, 9.17) is 5.11 Å². The van der Waals surface area contributed by atoms with Crippen molar-refractivity contribution in [2.45, 2.75) is 55.7 Å². The van der Waals surface area contributed by atoms with Crippen LogP contribution in [0.5, 0.6) is 0 Å². The zero-order valence-corrected chi connectivity index (χ0v) is 14.7. The molecule has 0 radical (unpaired) electrons.